The van der Waals surface area contributed by atoms with E-state index in [-0.39, 0.29) is 20.0 Å². The highest BCUT2D eigenvalue weighted by atomic mass is 32.1. The Kier molecular flexibility index (Phi) is 7.89. The van der Waals surface area contributed by atoms with E-state index < -0.39 is 0 Å². The number of morpholine rings is 1. The van der Waals surface area contributed by atoms with Crippen LogP contribution in [0.2, 0.25) is 0 Å². The van der Waals surface area contributed by atoms with Crippen molar-refractivity contribution in [2.24, 2.45) is 0 Å². The van der Waals surface area contributed by atoms with Gasteiger partial charge in [0.25, 0.3) is 0 Å². The van der Waals surface area contributed by atoms with Crippen LogP contribution < -0.4 is 10.6 Å². The molecule has 0 atom stereocenters. The Balaban J connectivity index is 0.00000274. The fourth-order valence-electron chi connectivity index (χ4n) is 4.40. The van der Waals surface area contributed by atoms with Gasteiger partial charge in [0, 0.05) is 80.8 Å². The number of β-amino-alcohol motifs (C(OH)–C–C–N with tert-alkyl or cyclic N) is 1. The zero-order valence-corrected chi connectivity index (χ0v) is 19.7. The molecule has 2 aliphatic rings. The van der Waals surface area contributed by atoms with Gasteiger partial charge in [-0.2, -0.15) is 0 Å². The number of aromatic nitrogens is 4. The fourth-order valence-corrected chi connectivity index (χ4v) is 5.52. The maximum absolute atomic E-state index is 9.22. The molecule has 11 heteroatoms. The first kappa shape index (κ1) is 24.7. The largest absolute Gasteiger partial charge is 0.395 e. The number of hydrogen-bond donors (Lipinski definition) is 2. The second kappa shape index (κ2) is 10.9. The Morgan fingerprint density at radius 3 is 2.38 bits per heavy atom. The smallest absolute Gasteiger partial charge is 0.226 e. The first-order valence-electron chi connectivity index (χ1n) is 11.4. The highest BCUT2D eigenvalue weighted by molar-refractivity contribution is 7.19. The van der Waals surface area contributed by atoms with Crippen LogP contribution in [0.15, 0.2) is 12.4 Å². The van der Waals surface area contributed by atoms with Crippen molar-refractivity contribution in [2.75, 3.05) is 76.3 Å². The average Bonchev–Trinajstić information content (AvgIpc) is 3.16. The van der Waals surface area contributed by atoms with Gasteiger partial charge in [-0.1, -0.05) is 7.43 Å². The quantitative estimate of drug-likeness (QED) is 0.532. The van der Waals surface area contributed by atoms with Crippen LogP contribution in [0.1, 0.15) is 17.9 Å². The summed E-state index contributed by atoms with van der Waals surface area (Å²) in [5, 5.41) is 9.22. The van der Waals surface area contributed by atoms with E-state index in [1.807, 2.05) is 0 Å². The molecule has 3 N–H and O–H groups in total. The molecular weight excluding hydrogens is 452 g/mol. The van der Waals surface area contributed by atoms with Gasteiger partial charge in [0.15, 0.2) is 0 Å². The molecule has 3 aromatic heterocycles. The summed E-state index contributed by atoms with van der Waals surface area (Å²) in [6.07, 6.45) is 3.48. The summed E-state index contributed by atoms with van der Waals surface area (Å²) in [5.41, 5.74) is 9.70. The van der Waals surface area contributed by atoms with E-state index in [2.05, 4.69) is 31.6 Å². The molecule has 0 aliphatic carbocycles. The molecule has 0 aromatic carbocycles. The summed E-state index contributed by atoms with van der Waals surface area (Å²) in [6.45, 7) is 10.8. The lowest BCUT2D eigenvalue weighted by Gasteiger charge is -2.34. The molecule has 0 bridgehead atoms. The number of aryl methyl sites for hydroxylation is 1. The lowest BCUT2D eigenvalue weighted by atomic mass is 10.1. The molecule has 3 aromatic rings. The molecule has 0 amide bonds. The number of nitrogens with zero attached hydrogens (tertiary/aromatic N) is 7. The van der Waals surface area contributed by atoms with Crippen molar-refractivity contribution in [3.05, 3.63) is 22.8 Å². The standard InChI is InChI=1S/C22H30N8O2S.CH4/c1-15-17(14-29-4-2-28(3-5-29)6-9-31)19-20(33-15)18(16-12-24-21(23)25-13-16)26-22(27-19)30-7-10-32-11-8-30;/h12-13,31H,2-11,14H2,1H3,(H2,23,24,25);1H4. The second-order valence-electron chi connectivity index (χ2n) is 8.46. The maximum atomic E-state index is 9.22. The molecule has 5 rings (SSSR count). The van der Waals surface area contributed by atoms with Crippen LogP contribution in [0.3, 0.4) is 0 Å². The minimum absolute atomic E-state index is 0. The topological polar surface area (TPSA) is 117 Å². The fraction of sp³-hybridized carbons (Fsp3) is 0.565. The van der Waals surface area contributed by atoms with Crippen molar-refractivity contribution in [1.82, 2.24) is 29.7 Å². The summed E-state index contributed by atoms with van der Waals surface area (Å²) < 4.78 is 6.60. The summed E-state index contributed by atoms with van der Waals surface area (Å²) in [7, 11) is 0. The van der Waals surface area contributed by atoms with Gasteiger partial charge < -0.3 is 20.5 Å². The average molecular weight is 487 g/mol. The molecule has 10 nitrogen and oxygen atoms in total. The Morgan fingerprint density at radius 2 is 1.71 bits per heavy atom. The van der Waals surface area contributed by atoms with Crippen LogP contribution in [0.25, 0.3) is 21.5 Å². The van der Waals surface area contributed by atoms with E-state index in [0.717, 1.165) is 79.8 Å². The summed E-state index contributed by atoms with van der Waals surface area (Å²) >= 11 is 1.73. The summed E-state index contributed by atoms with van der Waals surface area (Å²) in [6, 6.07) is 0. The van der Waals surface area contributed by atoms with Crippen molar-refractivity contribution in [3.63, 3.8) is 0 Å². The number of ether oxygens (including phenoxy) is 1. The number of rotatable bonds is 6. The first-order valence-corrected chi connectivity index (χ1v) is 12.2. The Labute approximate surface area is 204 Å². The number of aliphatic hydroxyl groups excluding tert-OH is 1. The molecule has 2 fully saturated rings. The number of thiophene rings is 1. The molecular formula is C23H34N8O2S. The lowest BCUT2D eigenvalue weighted by Crippen LogP contribution is -2.46. The monoisotopic (exact) mass is 486 g/mol. The van der Waals surface area contributed by atoms with E-state index >= 15 is 0 Å². The van der Waals surface area contributed by atoms with Crippen LogP contribution >= 0.6 is 11.3 Å². The van der Waals surface area contributed by atoms with E-state index in [0.29, 0.717) is 13.2 Å². The Morgan fingerprint density at radius 1 is 1.03 bits per heavy atom. The second-order valence-corrected chi connectivity index (χ2v) is 9.68. The van der Waals surface area contributed by atoms with Gasteiger partial charge in [-0.3, -0.25) is 9.80 Å². The zero-order valence-electron chi connectivity index (χ0n) is 18.9. The minimum Gasteiger partial charge on any atom is -0.395 e. The van der Waals surface area contributed by atoms with Crippen molar-refractivity contribution < 1.29 is 9.84 Å². The van der Waals surface area contributed by atoms with E-state index in [1.54, 1.807) is 23.7 Å². The van der Waals surface area contributed by atoms with Crippen molar-refractivity contribution >= 4 is 33.5 Å². The van der Waals surface area contributed by atoms with Crippen molar-refractivity contribution in [3.8, 4) is 11.3 Å². The van der Waals surface area contributed by atoms with Crippen LogP contribution in [0.4, 0.5) is 11.9 Å². The van der Waals surface area contributed by atoms with Gasteiger partial charge in [-0.25, -0.2) is 19.9 Å². The molecule has 2 aliphatic heterocycles. The molecule has 184 valence electrons. The Bertz CT molecular complexity index is 1090. The molecule has 0 saturated carbocycles. The molecule has 5 heterocycles. The van der Waals surface area contributed by atoms with Crippen molar-refractivity contribution in [2.45, 2.75) is 20.9 Å². The molecule has 0 spiro atoms. The van der Waals surface area contributed by atoms with Crippen molar-refractivity contribution in [1.29, 1.82) is 0 Å². The van der Waals surface area contributed by atoms with E-state index in [9.17, 15) is 5.11 Å². The number of nitrogens with two attached hydrogens (primary N) is 1. The van der Waals surface area contributed by atoms with Crippen LogP contribution in [-0.2, 0) is 11.3 Å². The highest BCUT2D eigenvalue weighted by Gasteiger charge is 2.24. The number of nitrogen functional groups attached to an aromatic ring is 1. The third-order valence-electron chi connectivity index (χ3n) is 6.32. The van der Waals surface area contributed by atoms with Gasteiger partial charge in [0.2, 0.25) is 11.9 Å². The molecule has 0 unspecified atom stereocenters. The van der Waals surface area contributed by atoms with Gasteiger partial charge >= 0.3 is 0 Å². The third kappa shape index (κ3) is 5.13. The Hall–Kier alpha value is -2.44. The third-order valence-corrected chi connectivity index (χ3v) is 7.47. The predicted molar refractivity (Wildman–Crippen MR) is 136 cm³/mol. The molecule has 2 saturated heterocycles. The van der Waals surface area contributed by atoms with Crippen LogP contribution in [-0.4, -0.2) is 100 Å². The minimum atomic E-state index is 0. The normalized spacial score (nSPS) is 17.8. The number of aliphatic hydroxyl groups is 1. The van der Waals surface area contributed by atoms with E-state index in [4.69, 9.17) is 20.4 Å². The number of fused-ring (bicyclic) bond motifs is 1. The van der Waals surface area contributed by atoms with Gasteiger partial charge in [-0.15, -0.1) is 11.3 Å². The van der Waals surface area contributed by atoms with E-state index in [1.165, 1.54) is 10.4 Å². The number of hydrogen-bond acceptors (Lipinski definition) is 11. The van der Waals surface area contributed by atoms with Crippen LogP contribution in [0, 0.1) is 6.92 Å². The number of piperazine rings is 1. The zero-order chi connectivity index (χ0) is 22.8. The van der Waals surface area contributed by atoms with Crippen LogP contribution in [0.5, 0.6) is 0 Å². The SMILES string of the molecule is C.Cc1sc2c(-c3cnc(N)nc3)nc(N3CCOCC3)nc2c1CN1CCN(CCO)CC1. The first-order chi connectivity index (χ1) is 16.1. The van der Waals surface area contributed by atoms with Gasteiger partial charge in [-0.05, 0) is 6.92 Å². The predicted octanol–water partition coefficient (Wildman–Crippen LogP) is 1.62. The maximum Gasteiger partial charge on any atom is 0.226 e. The summed E-state index contributed by atoms with van der Waals surface area (Å²) in [4.78, 5) is 26.7. The van der Waals surface area contributed by atoms with Gasteiger partial charge in [0.1, 0.15) is 0 Å². The lowest BCUT2D eigenvalue weighted by molar-refractivity contribution is 0.108. The summed E-state index contributed by atoms with van der Waals surface area (Å²) in [5.74, 6) is 0.977. The molecule has 34 heavy (non-hydrogen) atoms. The highest BCUT2D eigenvalue weighted by Crippen LogP contribution is 2.38. The number of anilines is 2. The van der Waals surface area contributed by atoms with Gasteiger partial charge in [0.05, 0.1) is 35.7 Å². The molecule has 0 radical (unpaired) electrons.